The molecule has 0 saturated carbocycles. The lowest BCUT2D eigenvalue weighted by atomic mass is 10.1. The number of fused-ring (bicyclic) bond motifs is 1. The second kappa shape index (κ2) is 8.00. The Morgan fingerprint density at radius 3 is 2.66 bits per heavy atom. The predicted molar refractivity (Wildman–Crippen MR) is 101 cm³/mol. The van der Waals surface area contributed by atoms with E-state index in [2.05, 4.69) is 15.0 Å². The number of ether oxygens (including phenoxy) is 1. The first-order valence-electron chi connectivity index (χ1n) is 8.66. The van der Waals surface area contributed by atoms with E-state index in [4.69, 9.17) is 4.74 Å². The van der Waals surface area contributed by atoms with Crippen molar-refractivity contribution in [3.63, 3.8) is 0 Å². The number of aliphatic hydroxyl groups excluding tert-OH is 3. The van der Waals surface area contributed by atoms with Crippen LogP contribution in [0.25, 0.3) is 11.2 Å². The van der Waals surface area contributed by atoms with Crippen LogP contribution in [0.1, 0.15) is 11.8 Å². The van der Waals surface area contributed by atoms with Gasteiger partial charge in [-0.3, -0.25) is 14.7 Å². The minimum absolute atomic E-state index is 0.00720. The van der Waals surface area contributed by atoms with Crippen molar-refractivity contribution in [3.05, 3.63) is 52.5 Å². The van der Waals surface area contributed by atoms with Gasteiger partial charge in [0.1, 0.15) is 30.2 Å². The van der Waals surface area contributed by atoms with Gasteiger partial charge in [-0.2, -0.15) is 0 Å². The van der Waals surface area contributed by atoms with Gasteiger partial charge >= 0.3 is 0 Å². The summed E-state index contributed by atoms with van der Waals surface area (Å²) in [5.74, 6) is 0.448. The van der Waals surface area contributed by atoms with Crippen LogP contribution < -0.4 is 0 Å². The quantitative estimate of drug-likeness (QED) is 0.294. The minimum atomic E-state index is -1.28. The van der Waals surface area contributed by atoms with Crippen LogP contribution >= 0.6 is 11.8 Å². The lowest BCUT2D eigenvalue weighted by Crippen LogP contribution is -2.33. The second-order valence-electron chi connectivity index (χ2n) is 6.44. The smallest absolute Gasteiger partial charge is 0.269 e. The van der Waals surface area contributed by atoms with Gasteiger partial charge in [0.25, 0.3) is 5.69 Å². The normalized spacial score (nSPS) is 24.2. The Labute approximate surface area is 168 Å². The average Bonchev–Trinajstić information content (AvgIpc) is 3.23. The Balaban J connectivity index is 1.64. The van der Waals surface area contributed by atoms with Crippen LogP contribution in [0.15, 0.2) is 41.9 Å². The summed E-state index contributed by atoms with van der Waals surface area (Å²) in [5, 5.41) is 41.2. The molecule has 0 radical (unpaired) electrons. The van der Waals surface area contributed by atoms with Crippen LogP contribution in [0.5, 0.6) is 0 Å². The van der Waals surface area contributed by atoms with Crippen molar-refractivity contribution in [1.82, 2.24) is 19.5 Å². The monoisotopic (exact) mass is 419 g/mol. The third-order valence-corrected chi connectivity index (χ3v) is 5.63. The van der Waals surface area contributed by atoms with Gasteiger partial charge < -0.3 is 20.1 Å². The molecule has 0 spiro atoms. The van der Waals surface area contributed by atoms with Crippen molar-refractivity contribution >= 4 is 28.6 Å². The molecule has 1 fully saturated rings. The Morgan fingerprint density at radius 1 is 1.24 bits per heavy atom. The molecule has 0 aliphatic carbocycles. The van der Waals surface area contributed by atoms with Gasteiger partial charge in [-0.1, -0.05) is 23.9 Å². The number of thioether (sulfide) groups is 1. The third-order valence-electron chi connectivity index (χ3n) is 4.61. The van der Waals surface area contributed by atoms with E-state index in [-0.39, 0.29) is 5.69 Å². The molecule has 2 aromatic heterocycles. The lowest BCUT2D eigenvalue weighted by Gasteiger charge is -2.19. The fourth-order valence-electron chi connectivity index (χ4n) is 3.11. The van der Waals surface area contributed by atoms with Gasteiger partial charge in [-0.15, -0.1) is 0 Å². The highest BCUT2D eigenvalue weighted by atomic mass is 32.2. The first kappa shape index (κ1) is 19.7. The SMILES string of the molecule is O=[N+]([O-])c1ccc(CSc2nc3cncnc3n2[C@@H]2O[C@H](CO)[C@@H](O)[C@H]2O)cc1. The van der Waals surface area contributed by atoms with Gasteiger partial charge in [0.2, 0.25) is 0 Å². The van der Waals surface area contributed by atoms with Crippen LogP contribution in [0.2, 0.25) is 0 Å². The van der Waals surface area contributed by atoms with Crippen molar-refractivity contribution in [2.24, 2.45) is 0 Å². The van der Waals surface area contributed by atoms with Crippen LogP contribution in [0.3, 0.4) is 0 Å². The number of hydrogen-bond donors (Lipinski definition) is 3. The van der Waals surface area contributed by atoms with Gasteiger partial charge in [0.15, 0.2) is 17.0 Å². The van der Waals surface area contributed by atoms with Crippen LogP contribution in [0, 0.1) is 10.1 Å². The number of aliphatic hydroxyl groups is 3. The van der Waals surface area contributed by atoms with Crippen LogP contribution in [-0.2, 0) is 10.5 Å². The predicted octanol–water partition coefficient (Wildman–Crippen LogP) is 0.638. The molecule has 3 N–H and O–H groups in total. The molecule has 12 heteroatoms. The first-order chi connectivity index (χ1) is 14.0. The molecule has 0 bridgehead atoms. The topological polar surface area (TPSA) is 157 Å². The summed E-state index contributed by atoms with van der Waals surface area (Å²) in [7, 11) is 0. The molecule has 4 rings (SSSR count). The zero-order valence-corrected chi connectivity index (χ0v) is 15.7. The molecule has 3 heterocycles. The fraction of sp³-hybridized carbons (Fsp3) is 0.353. The average molecular weight is 419 g/mol. The molecule has 4 atom stereocenters. The van der Waals surface area contributed by atoms with E-state index in [1.807, 2.05) is 0 Å². The highest BCUT2D eigenvalue weighted by Crippen LogP contribution is 2.36. The summed E-state index contributed by atoms with van der Waals surface area (Å²) in [4.78, 5) is 23.0. The van der Waals surface area contributed by atoms with Gasteiger partial charge in [0, 0.05) is 17.9 Å². The summed E-state index contributed by atoms with van der Waals surface area (Å²) in [6.07, 6.45) is -1.58. The molecular formula is C17H17N5O6S. The summed E-state index contributed by atoms with van der Waals surface area (Å²) in [6, 6.07) is 6.17. The molecule has 11 nitrogen and oxygen atoms in total. The van der Waals surface area contributed by atoms with E-state index in [1.54, 1.807) is 16.7 Å². The molecule has 1 aromatic carbocycles. The molecule has 29 heavy (non-hydrogen) atoms. The molecule has 0 unspecified atom stereocenters. The van der Waals surface area contributed by atoms with E-state index >= 15 is 0 Å². The van der Waals surface area contributed by atoms with E-state index in [0.717, 1.165) is 5.56 Å². The van der Waals surface area contributed by atoms with Crippen molar-refractivity contribution < 1.29 is 25.0 Å². The molecule has 1 aliphatic rings. The number of nitrogens with zero attached hydrogens (tertiary/aromatic N) is 5. The number of hydrogen-bond acceptors (Lipinski definition) is 10. The highest BCUT2D eigenvalue weighted by Gasteiger charge is 2.44. The van der Waals surface area contributed by atoms with E-state index in [9.17, 15) is 25.4 Å². The number of nitro benzene ring substituents is 1. The molecule has 1 saturated heterocycles. The molecular weight excluding hydrogens is 402 g/mol. The Bertz CT molecular complexity index is 1030. The summed E-state index contributed by atoms with van der Waals surface area (Å²) in [6.45, 7) is -0.443. The zero-order chi connectivity index (χ0) is 20.5. The van der Waals surface area contributed by atoms with E-state index in [1.165, 1.54) is 36.4 Å². The molecule has 152 valence electrons. The minimum Gasteiger partial charge on any atom is -0.394 e. The summed E-state index contributed by atoms with van der Waals surface area (Å²) < 4.78 is 7.21. The Hall–Kier alpha value is -2.64. The maximum Gasteiger partial charge on any atom is 0.269 e. The van der Waals surface area contributed by atoms with E-state index in [0.29, 0.717) is 22.1 Å². The molecule has 0 amide bonds. The molecule has 1 aliphatic heterocycles. The third kappa shape index (κ3) is 3.68. The number of imidazole rings is 1. The summed E-state index contributed by atoms with van der Waals surface area (Å²) in [5.41, 5.74) is 1.75. The van der Waals surface area contributed by atoms with E-state index < -0.39 is 36.1 Å². The largest absolute Gasteiger partial charge is 0.394 e. The maximum absolute atomic E-state index is 10.8. The van der Waals surface area contributed by atoms with Gasteiger partial charge in [-0.05, 0) is 5.56 Å². The van der Waals surface area contributed by atoms with Crippen molar-refractivity contribution in [2.45, 2.75) is 35.4 Å². The van der Waals surface area contributed by atoms with Gasteiger partial charge in [0.05, 0.1) is 17.7 Å². The van der Waals surface area contributed by atoms with Crippen molar-refractivity contribution in [1.29, 1.82) is 0 Å². The van der Waals surface area contributed by atoms with Crippen LogP contribution in [0.4, 0.5) is 5.69 Å². The van der Waals surface area contributed by atoms with Gasteiger partial charge in [-0.25, -0.2) is 15.0 Å². The van der Waals surface area contributed by atoms with Crippen LogP contribution in [-0.4, -0.2) is 64.7 Å². The maximum atomic E-state index is 10.8. The Morgan fingerprint density at radius 2 is 2.00 bits per heavy atom. The summed E-state index contributed by atoms with van der Waals surface area (Å²) >= 11 is 1.32. The first-order valence-corrected chi connectivity index (χ1v) is 9.64. The lowest BCUT2D eigenvalue weighted by molar-refractivity contribution is -0.384. The Kier molecular flexibility index (Phi) is 5.43. The van der Waals surface area contributed by atoms with Crippen molar-refractivity contribution in [3.8, 4) is 0 Å². The molecule has 3 aromatic rings. The van der Waals surface area contributed by atoms with Crippen molar-refractivity contribution in [2.75, 3.05) is 6.61 Å². The highest BCUT2D eigenvalue weighted by molar-refractivity contribution is 7.98. The standard InChI is InChI=1S/C17H17N5O6S/c23-6-12-13(24)14(25)16(28-12)21-15-11(5-18-8-19-15)20-17(21)29-7-9-1-3-10(4-2-9)22(26)27/h1-5,8,12-14,16,23-25H,6-7H2/t12-,13-,14-,16-/m1/s1. The zero-order valence-electron chi connectivity index (χ0n) is 14.9. The number of non-ortho nitro benzene ring substituents is 1. The number of aromatic nitrogens is 4. The number of nitro groups is 1. The second-order valence-corrected chi connectivity index (χ2v) is 7.38. The number of rotatable bonds is 6. The fourth-order valence-corrected chi connectivity index (χ4v) is 4.09. The number of benzene rings is 1.